The van der Waals surface area contributed by atoms with Crippen molar-refractivity contribution in [1.82, 2.24) is 15.0 Å². The molecule has 0 aliphatic rings. The van der Waals surface area contributed by atoms with Gasteiger partial charge in [0.05, 0.1) is 46.9 Å². The molecule has 2 aromatic heterocycles. The van der Waals surface area contributed by atoms with Crippen LogP contribution in [0.5, 0.6) is 17.4 Å². The molecule has 0 atom stereocenters. The van der Waals surface area contributed by atoms with E-state index >= 15 is 0 Å². The summed E-state index contributed by atoms with van der Waals surface area (Å²) < 4.78 is 16.8. The number of anilines is 2. The molecular weight excluding hydrogens is 403 g/mol. The summed E-state index contributed by atoms with van der Waals surface area (Å²) in [5.74, 6) is 2.58. The predicted octanol–water partition coefficient (Wildman–Crippen LogP) is 4.84. The Morgan fingerprint density at radius 1 is 1.14 bits per heavy atom. The maximum Gasteiger partial charge on any atom is 0.215 e. The van der Waals surface area contributed by atoms with E-state index in [-0.39, 0.29) is 6.10 Å². The van der Waals surface area contributed by atoms with Crippen LogP contribution in [0.3, 0.4) is 0 Å². The minimum absolute atomic E-state index is 0.0517. The standard InChI is InChI=1S/C19H20Cl2N4O3/c1-11(2)28-16-7-12(27-5-4-20)6-15-18(16)19(24-10-23-15)25-14-8-17(26-3)22-9-13(14)21/h6-11H,4-5H2,1-3H3,(H,22,23,24,25). The lowest BCUT2D eigenvalue weighted by atomic mass is 10.2. The molecule has 0 amide bonds. The highest BCUT2D eigenvalue weighted by atomic mass is 35.5. The highest BCUT2D eigenvalue weighted by Gasteiger charge is 2.16. The molecule has 1 N–H and O–H groups in total. The SMILES string of the molecule is COc1cc(Nc2ncnc3cc(OCCCl)cc(OC(C)C)c23)c(Cl)cn1. The molecule has 28 heavy (non-hydrogen) atoms. The zero-order valence-electron chi connectivity index (χ0n) is 15.7. The summed E-state index contributed by atoms with van der Waals surface area (Å²) in [5, 5.41) is 4.36. The lowest BCUT2D eigenvalue weighted by Crippen LogP contribution is -2.08. The van der Waals surface area contributed by atoms with Crippen LogP contribution in [-0.4, -0.2) is 40.7 Å². The summed E-state index contributed by atoms with van der Waals surface area (Å²) in [5.41, 5.74) is 1.27. The van der Waals surface area contributed by atoms with Crippen LogP contribution in [0.1, 0.15) is 13.8 Å². The van der Waals surface area contributed by atoms with E-state index in [4.69, 9.17) is 37.4 Å². The third-order valence-electron chi connectivity index (χ3n) is 3.68. The number of hydrogen-bond acceptors (Lipinski definition) is 7. The summed E-state index contributed by atoms with van der Waals surface area (Å²) in [4.78, 5) is 12.8. The van der Waals surface area contributed by atoms with Crippen molar-refractivity contribution in [2.75, 3.05) is 24.9 Å². The number of ether oxygens (including phenoxy) is 3. The van der Waals surface area contributed by atoms with Gasteiger partial charge in [-0.05, 0) is 13.8 Å². The van der Waals surface area contributed by atoms with Crippen LogP contribution in [0.2, 0.25) is 5.02 Å². The van der Waals surface area contributed by atoms with Gasteiger partial charge in [0.15, 0.2) is 0 Å². The predicted molar refractivity (Wildman–Crippen MR) is 111 cm³/mol. The maximum absolute atomic E-state index is 6.27. The molecule has 3 aromatic rings. The molecule has 0 aliphatic carbocycles. The smallest absolute Gasteiger partial charge is 0.215 e. The lowest BCUT2D eigenvalue weighted by molar-refractivity contribution is 0.243. The molecule has 7 nitrogen and oxygen atoms in total. The Labute approximate surface area is 173 Å². The fraction of sp³-hybridized carbons (Fsp3) is 0.316. The van der Waals surface area contributed by atoms with Crippen LogP contribution in [0, 0.1) is 0 Å². The van der Waals surface area contributed by atoms with Crippen molar-refractivity contribution in [3.63, 3.8) is 0 Å². The number of nitrogens with zero attached hydrogens (tertiary/aromatic N) is 3. The minimum Gasteiger partial charge on any atom is -0.492 e. The number of halogens is 2. The van der Waals surface area contributed by atoms with Crippen molar-refractivity contribution in [2.24, 2.45) is 0 Å². The van der Waals surface area contributed by atoms with Crippen molar-refractivity contribution in [1.29, 1.82) is 0 Å². The molecule has 0 saturated carbocycles. The van der Waals surface area contributed by atoms with Gasteiger partial charge in [-0.3, -0.25) is 0 Å². The van der Waals surface area contributed by atoms with Gasteiger partial charge in [0, 0.05) is 18.2 Å². The molecule has 148 valence electrons. The van der Waals surface area contributed by atoms with Crippen LogP contribution in [0.25, 0.3) is 10.9 Å². The van der Waals surface area contributed by atoms with Crippen LogP contribution in [-0.2, 0) is 0 Å². The normalized spacial score (nSPS) is 10.9. The monoisotopic (exact) mass is 422 g/mol. The van der Waals surface area contributed by atoms with E-state index in [0.717, 1.165) is 0 Å². The van der Waals surface area contributed by atoms with Gasteiger partial charge in [-0.25, -0.2) is 15.0 Å². The second-order valence-corrected chi connectivity index (χ2v) is 6.86. The van der Waals surface area contributed by atoms with E-state index in [9.17, 15) is 0 Å². The molecule has 0 aliphatic heterocycles. The minimum atomic E-state index is -0.0517. The van der Waals surface area contributed by atoms with Gasteiger partial charge in [0.1, 0.15) is 30.3 Å². The van der Waals surface area contributed by atoms with E-state index in [0.29, 0.717) is 57.3 Å². The van der Waals surface area contributed by atoms with Crippen LogP contribution in [0.4, 0.5) is 11.5 Å². The Bertz CT molecular complexity index is 969. The van der Waals surface area contributed by atoms with Gasteiger partial charge >= 0.3 is 0 Å². The second kappa shape index (κ2) is 9.12. The number of benzene rings is 1. The summed E-state index contributed by atoms with van der Waals surface area (Å²) in [6.45, 7) is 4.27. The number of alkyl halides is 1. The molecule has 0 unspecified atom stereocenters. The summed E-state index contributed by atoms with van der Waals surface area (Å²) in [6, 6.07) is 5.31. The van der Waals surface area contributed by atoms with E-state index in [1.165, 1.54) is 19.6 Å². The Hall–Kier alpha value is -2.51. The highest BCUT2D eigenvalue weighted by Crippen LogP contribution is 2.37. The number of pyridine rings is 1. The Morgan fingerprint density at radius 3 is 2.68 bits per heavy atom. The first-order valence-electron chi connectivity index (χ1n) is 8.62. The zero-order chi connectivity index (χ0) is 20.1. The molecule has 9 heteroatoms. The topological polar surface area (TPSA) is 78.4 Å². The summed E-state index contributed by atoms with van der Waals surface area (Å²) in [7, 11) is 1.54. The van der Waals surface area contributed by atoms with Crippen molar-refractivity contribution in [2.45, 2.75) is 20.0 Å². The molecule has 2 heterocycles. The number of nitrogens with one attached hydrogen (secondary N) is 1. The molecule has 3 rings (SSSR count). The fourth-order valence-electron chi connectivity index (χ4n) is 2.57. The Kier molecular flexibility index (Phi) is 6.59. The zero-order valence-corrected chi connectivity index (χ0v) is 17.2. The third-order valence-corrected chi connectivity index (χ3v) is 4.13. The molecule has 0 fully saturated rings. The summed E-state index contributed by atoms with van der Waals surface area (Å²) >= 11 is 12.0. The second-order valence-electron chi connectivity index (χ2n) is 6.07. The fourth-order valence-corrected chi connectivity index (χ4v) is 2.79. The van der Waals surface area contributed by atoms with Gasteiger partial charge in [0.2, 0.25) is 5.88 Å². The highest BCUT2D eigenvalue weighted by molar-refractivity contribution is 6.33. The number of rotatable bonds is 8. The van der Waals surface area contributed by atoms with Crippen LogP contribution >= 0.6 is 23.2 Å². The number of aromatic nitrogens is 3. The molecule has 0 saturated heterocycles. The van der Waals surface area contributed by atoms with E-state index < -0.39 is 0 Å². The van der Waals surface area contributed by atoms with Gasteiger partial charge in [0.25, 0.3) is 0 Å². The molecular formula is C19H20Cl2N4O3. The first-order valence-corrected chi connectivity index (χ1v) is 9.53. The maximum atomic E-state index is 6.27. The average molecular weight is 423 g/mol. The molecule has 0 radical (unpaired) electrons. The first-order chi connectivity index (χ1) is 13.5. The van der Waals surface area contributed by atoms with Crippen molar-refractivity contribution in [3.05, 3.63) is 35.7 Å². The van der Waals surface area contributed by atoms with Crippen LogP contribution < -0.4 is 19.5 Å². The number of methoxy groups -OCH3 is 1. The van der Waals surface area contributed by atoms with Crippen molar-refractivity contribution >= 4 is 45.6 Å². The largest absolute Gasteiger partial charge is 0.492 e. The van der Waals surface area contributed by atoms with Crippen molar-refractivity contribution in [3.8, 4) is 17.4 Å². The lowest BCUT2D eigenvalue weighted by Gasteiger charge is -2.17. The van der Waals surface area contributed by atoms with Gasteiger partial charge < -0.3 is 19.5 Å². The van der Waals surface area contributed by atoms with Crippen molar-refractivity contribution < 1.29 is 14.2 Å². The molecule has 0 bridgehead atoms. The molecule has 1 aromatic carbocycles. The van der Waals surface area contributed by atoms with Gasteiger partial charge in [-0.15, -0.1) is 11.6 Å². The Balaban J connectivity index is 2.10. The third kappa shape index (κ3) is 4.66. The first kappa shape index (κ1) is 20.2. The summed E-state index contributed by atoms with van der Waals surface area (Å²) in [6.07, 6.45) is 2.92. The van der Waals surface area contributed by atoms with E-state index in [2.05, 4.69) is 20.3 Å². The average Bonchev–Trinajstić information content (AvgIpc) is 2.67. The van der Waals surface area contributed by atoms with Gasteiger partial charge in [-0.2, -0.15) is 0 Å². The molecule has 0 spiro atoms. The van der Waals surface area contributed by atoms with E-state index in [1.807, 2.05) is 19.9 Å². The van der Waals surface area contributed by atoms with Crippen LogP contribution in [0.15, 0.2) is 30.7 Å². The number of fused-ring (bicyclic) bond motifs is 1. The quantitative estimate of drug-likeness (QED) is 0.520. The van der Waals surface area contributed by atoms with Gasteiger partial charge in [-0.1, -0.05) is 11.6 Å². The number of hydrogen-bond donors (Lipinski definition) is 1. The Morgan fingerprint density at radius 2 is 1.96 bits per heavy atom. The van der Waals surface area contributed by atoms with E-state index in [1.54, 1.807) is 12.1 Å².